The lowest BCUT2D eigenvalue weighted by Crippen LogP contribution is -2.28. The first-order valence-corrected chi connectivity index (χ1v) is 19.5. The first-order chi connectivity index (χ1) is 28.7. The van der Waals surface area contributed by atoms with Gasteiger partial charge in [0.2, 0.25) is 5.89 Å². The summed E-state index contributed by atoms with van der Waals surface area (Å²) in [6.07, 6.45) is 0. The van der Waals surface area contributed by atoms with E-state index in [1.54, 1.807) is 0 Å². The predicted molar refractivity (Wildman–Crippen MR) is 232 cm³/mol. The Labute approximate surface area is 336 Å². The molecule has 0 fully saturated rings. The second-order valence-corrected chi connectivity index (χ2v) is 14.6. The van der Waals surface area contributed by atoms with Crippen LogP contribution in [0.4, 0.5) is 0 Å². The van der Waals surface area contributed by atoms with Gasteiger partial charge in [-0.1, -0.05) is 176 Å². The highest BCUT2D eigenvalue weighted by molar-refractivity contribution is 5.88. The van der Waals surface area contributed by atoms with Gasteiger partial charge in [-0.15, -0.1) is 0 Å². The minimum Gasteiger partial charge on any atom is -0.436 e. The van der Waals surface area contributed by atoms with E-state index in [1.807, 2.05) is 91.0 Å². The summed E-state index contributed by atoms with van der Waals surface area (Å²) in [4.78, 5) is 19.7. The summed E-state index contributed by atoms with van der Waals surface area (Å²) in [5.41, 5.74) is 14.2. The molecule has 272 valence electrons. The second-order valence-electron chi connectivity index (χ2n) is 14.6. The van der Waals surface area contributed by atoms with E-state index in [2.05, 4.69) is 115 Å². The van der Waals surface area contributed by atoms with Crippen molar-refractivity contribution in [1.82, 2.24) is 19.9 Å². The van der Waals surface area contributed by atoms with Crippen LogP contribution in [0, 0.1) is 0 Å². The van der Waals surface area contributed by atoms with Crippen molar-refractivity contribution in [3.8, 4) is 67.9 Å². The average Bonchev–Trinajstić information content (AvgIpc) is 3.88. The largest absolute Gasteiger partial charge is 0.436 e. The monoisotopic (exact) mass is 742 g/mol. The molecule has 2 heterocycles. The van der Waals surface area contributed by atoms with Gasteiger partial charge in [-0.3, -0.25) is 0 Å². The zero-order chi connectivity index (χ0) is 38.5. The number of hydrogen-bond donors (Lipinski definition) is 0. The van der Waals surface area contributed by atoms with Crippen LogP contribution in [0.25, 0.3) is 79.0 Å². The van der Waals surface area contributed by atoms with Crippen LogP contribution < -0.4 is 0 Å². The fourth-order valence-corrected chi connectivity index (χ4v) is 8.57. The third kappa shape index (κ3) is 5.55. The summed E-state index contributed by atoms with van der Waals surface area (Å²) in [6, 6.07) is 71.8. The smallest absolute Gasteiger partial charge is 0.227 e. The Morgan fingerprint density at radius 1 is 0.328 bits per heavy atom. The summed E-state index contributed by atoms with van der Waals surface area (Å²) in [5.74, 6) is 2.52. The maximum absolute atomic E-state index is 6.48. The van der Waals surface area contributed by atoms with Crippen LogP contribution in [-0.4, -0.2) is 19.9 Å². The maximum Gasteiger partial charge on any atom is 0.227 e. The quantitative estimate of drug-likeness (QED) is 0.163. The molecule has 1 aliphatic carbocycles. The van der Waals surface area contributed by atoms with Gasteiger partial charge in [0.1, 0.15) is 5.52 Å². The van der Waals surface area contributed by atoms with Crippen LogP contribution in [0.15, 0.2) is 211 Å². The summed E-state index contributed by atoms with van der Waals surface area (Å²) < 4.78 is 6.48. The molecule has 0 amide bonds. The number of hydrogen-bond acceptors (Lipinski definition) is 5. The molecule has 8 aromatic carbocycles. The third-order valence-corrected chi connectivity index (χ3v) is 11.3. The lowest BCUT2D eigenvalue weighted by Gasteiger charge is -2.34. The number of aromatic nitrogens is 4. The van der Waals surface area contributed by atoms with Gasteiger partial charge in [-0.25, -0.2) is 19.9 Å². The molecule has 0 radical (unpaired) electrons. The summed E-state index contributed by atoms with van der Waals surface area (Å²) in [5, 5.41) is 0. The van der Waals surface area contributed by atoms with E-state index in [0.29, 0.717) is 23.4 Å². The molecule has 1 aliphatic rings. The Morgan fingerprint density at radius 2 is 0.810 bits per heavy atom. The topological polar surface area (TPSA) is 64.7 Å². The van der Waals surface area contributed by atoms with E-state index in [4.69, 9.17) is 24.4 Å². The molecule has 0 atom stereocenters. The number of benzene rings is 8. The first kappa shape index (κ1) is 33.6. The van der Waals surface area contributed by atoms with E-state index in [0.717, 1.165) is 50.0 Å². The van der Waals surface area contributed by atoms with E-state index in [-0.39, 0.29) is 0 Å². The highest BCUT2D eigenvalue weighted by Crippen LogP contribution is 2.56. The molecule has 0 saturated carbocycles. The Morgan fingerprint density at radius 3 is 1.41 bits per heavy atom. The van der Waals surface area contributed by atoms with Crippen LogP contribution in [0.3, 0.4) is 0 Å². The standard InChI is InChI=1S/C53H34N4O/c1-4-15-36(16-5-1)49-55-50(37-17-6-2-7-18-37)57-51(56-49)40-22-14-21-39(33-40)35-27-29-41(30-28-35)53(45-25-12-10-23-43(45)44-24-11-13-26-46(44)53)42-31-32-47-48(34-42)58-52(54-47)38-19-8-3-9-20-38/h1-34H. The van der Waals surface area contributed by atoms with Crippen molar-refractivity contribution in [2.75, 3.05) is 0 Å². The van der Waals surface area contributed by atoms with Gasteiger partial charge in [-0.05, 0) is 74.8 Å². The SMILES string of the molecule is c1ccc(-c2nc(-c3ccccc3)nc(-c3cccc(-c4ccc(C5(c6ccc7nc(-c8ccccc8)oc7c6)c6ccccc6-c6ccccc65)cc4)c3)n2)cc1. The molecule has 0 aliphatic heterocycles. The van der Waals surface area contributed by atoms with Gasteiger partial charge < -0.3 is 4.42 Å². The third-order valence-electron chi connectivity index (χ3n) is 11.3. The number of fused-ring (bicyclic) bond motifs is 4. The van der Waals surface area contributed by atoms with Crippen molar-refractivity contribution in [3.63, 3.8) is 0 Å². The van der Waals surface area contributed by atoms with Crippen molar-refractivity contribution in [1.29, 1.82) is 0 Å². The van der Waals surface area contributed by atoms with Gasteiger partial charge >= 0.3 is 0 Å². The first-order valence-electron chi connectivity index (χ1n) is 19.5. The zero-order valence-electron chi connectivity index (χ0n) is 31.3. The number of oxazole rings is 1. The Hall–Kier alpha value is -7.76. The molecular formula is C53H34N4O. The molecule has 58 heavy (non-hydrogen) atoms. The van der Waals surface area contributed by atoms with Crippen molar-refractivity contribution in [2.45, 2.75) is 5.41 Å². The maximum atomic E-state index is 6.48. The molecular weight excluding hydrogens is 709 g/mol. The molecule has 2 aromatic heterocycles. The second kappa shape index (κ2) is 13.8. The van der Waals surface area contributed by atoms with Crippen LogP contribution in [0.2, 0.25) is 0 Å². The summed E-state index contributed by atoms with van der Waals surface area (Å²) in [6.45, 7) is 0. The Kier molecular flexibility index (Phi) is 7.97. The number of rotatable bonds is 7. The molecule has 0 bridgehead atoms. The molecule has 5 nitrogen and oxygen atoms in total. The lowest BCUT2D eigenvalue weighted by molar-refractivity contribution is 0.618. The Balaban J connectivity index is 1.03. The van der Waals surface area contributed by atoms with Gasteiger partial charge in [0.05, 0.1) is 5.41 Å². The van der Waals surface area contributed by atoms with E-state index >= 15 is 0 Å². The van der Waals surface area contributed by atoms with Crippen LogP contribution >= 0.6 is 0 Å². The normalized spacial score (nSPS) is 12.6. The molecule has 10 aromatic rings. The molecule has 0 N–H and O–H groups in total. The molecule has 0 spiro atoms. The highest BCUT2D eigenvalue weighted by Gasteiger charge is 2.46. The Bertz CT molecular complexity index is 3000. The van der Waals surface area contributed by atoms with Gasteiger partial charge in [-0.2, -0.15) is 0 Å². The van der Waals surface area contributed by atoms with Crippen molar-refractivity contribution in [3.05, 3.63) is 229 Å². The van der Waals surface area contributed by atoms with Crippen molar-refractivity contribution >= 4 is 11.1 Å². The zero-order valence-corrected chi connectivity index (χ0v) is 31.3. The highest BCUT2D eigenvalue weighted by atomic mass is 16.3. The van der Waals surface area contributed by atoms with Gasteiger partial charge in [0.25, 0.3) is 0 Å². The van der Waals surface area contributed by atoms with Crippen LogP contribution in [0.1, 0.15) is 22.3 Å². The average molecular weight is 743 g/mol. The van der Waals surface area contributed by atoms with Gasteiger partial charge in [0, 0.05) is 22.3 Å². The fourth-order valence-electron chi connectivity index (χ4n) is 8.57. The predicted octanol–water partition coefficient (Wildman–Crippen LogP) is 12.7. The molecule has 5 heteroatoms. The minimum atomic E-state index is -0.589. The van der Waals surface area contributed by atoms with Crippen molar-refractivity contribution in [2.24, 2.45) is 0 Å². The lowest BCUT2D eigenvalue weighted by atomic mass is 9.67. The molecule has 0 saturated heterocycles. The van der Waals surface area contributed by atoms with Crippen LogP contribution in [0.5, 0.6) is 0 Å². The van der Waals surface area contributed by atoms with E-state index in [1.165, 1.54) is 27.8 Å². The molecule has 11 rings (SSSR count). The number of nitrogens with zero attached hydrogens (tertiary/aromatic N) is 4. The fraction of sp³-hybridized carbons (Fsp3) is 0.0189. The van der Waals surface area contributed by atoms with Crippen molar-refractivity contribution < 1.29 is 4.42 Å². The minimum absolute atomic E-state index is 0.589. The van der Waals surface area contributed by atoms with Crippen LogP contribution in [-0.2, 0) is 5.41 Å². The van der Waals surface area contributed by atoms with E-state index in [9.17, 15) is 0 Å². The molecule has 0 unspecified atom stereocenters. The summed E-state index contributed by atoms with van der Waals surface area (Å²) >= 11 is 0. The van der Waals surface area contributed by atoms with E-state index < -0.39 is 5.41 Å². The van der Waals surface area contributed by atoms with Gasteiger partial charge in [0.15, 0.2) is 23.1 Å². The summed E-state index contributed by atoms with van der Waals surface area (Å²) in [7, 11) is 0.